The van der Waals surface area contributed by atoms with E-state index in [2.05, 4.69) is 0 Å². The molecule has 0 atom stereocenters. The number of carbonyl (C=O) groups is 1. The molecule has 1 aliphatic rings. The molecular formula is C24H23ClO5. The molecule has 1 aliphatic carbocycles. The number of rotatable bonds is 5. The van der Waals surface area contributed by atoms with Crippen molar-refractivity contribution in [2.75, 3.05) is 6.61 Å². The maximum atomic E-state index is 13.2. The SMILES string of the molecule is Cc1ccc2oc(-c3ccc(Cl)cc3)c(OCC(=O)OC3CCCCC3)c(=O)c2c1. The molecule has 0 aliphatic heterocycles. The van der Waals surface area contributed by atoms with Crippen molar-refractivity contribution in [1.29, 1.82) is 0 Å². The summed E-state index contributed by atoms with van der Waals surface area (Å²) in [4.78, 5) is 25.5. The highest BCUT2D eigenvalue weighted by Gasteiger charge is 2.21. The molecule has 1 saturated carbocycles. The third kappa shape index (κ3) is 4.51. The number of hydrogen-bond donors (Lipinski definition) is 0. The summed E-state index contributed by atoms with van der Waals surface area (Å²) < 4.78 is 17.2. The van der Waals surface area contributed by atoms with Crippen molar-refractivity contribution in [3.63, 3.8) is 0 Å². The van der Waals surface area contributed by atoms with E-state index in [9.17, 15) is 9.59 Å². The lowest BCUT2D eigenvalue weighted by atomic mass is 9.98. The standard InChI is InChI=1S/C24H23ClO5/c1-15-7-12-20-19(13-15)22(27)24(23(30-20)16-8-10-17(25)11-9-16)28-14-21(26)29-18-5-3-2-4-6-18/h7-13,18H,2-6,14H2,1H3. The first-order valence-corrected chi connectivity index (χ1v) is 10.5. The van der Waals surface area contributed by atoms with Crippen LogP contribution in [0.25, 0.3) is 22.3 Å². The quantitative estimate of drug-likeness (QED) is 0.491. The molecule has 4 rings (SSSR count). The molecule has 0 N–H and O–H groups in total. The number of aryl methyl sites for hydroxylation is 1. The molecule has 6 heteroatoms. The fourth-order valence-corrected chi connectivity index (χ4v) is 3.87. The summed E-state index contributed by atoms with van der Waals surface area (Å²) in [6.07, 6.45) is 4.98. The van der Waals surface area contributed by atoms with Gasteiger partial charge in [-0.3, -0.25) is 4.79 Å². The molecule has 3 aromatic rings. The van der Waals surface area contributed by atoms with Gasteiger partial charge in [-0.25, -0.2) is 4.79 Å². The average Bonchev–Trinajstić information content (AvgIpc) is 2.75. The van der Waals surface area contributed by atoms with E-state index >= 15 is 0 Å². The molecule has 30 heavy (non-hydrogen) atoms. The predicted octanol–water partition coefficient (Wildman–Crippen LogP) is 5.68. The van der Waals surface area contributed by atoms with Crippen molar-refractivity contribution < 1.29 is 18.7 Å². The largest absolute Gasteiger partial charge is 0.474 e. The minimum absolute atomic E-state index is 0.00369. The van der Waals surface area contributed by atoms with Gasteiger partial charge in [0.05, 0.1) is 5.39 Å². The summed E-state index contributed by atoms with van der Waals surface area (Å²) in [5.41, 5.74) is 1.69. The van der Waals surface area contributed by atoms with Crippen molar-refractivity contribution >= 4 is 28.5 Å². The fourth-order valence-electron chi connectivity index (χ4n) is 3.75. The number of esters is 1. The lowest BCUT2D eigenvalue weighted by Gasteiger charge is -2.21. The first-order chi connectivity index (χ1) is 14.5. The molecule has 2 aromatic carbocycles. The molecule has 1 aromatic heterocycles. The molecule has 5 nitrogen and oxygen atoms in total. The van der Waals surface area contributed by atoms with Crippen LogP contribution in [0.4, 0.5) is 0 Å². The molecule has 0 radical (unpaired) electrons. The van der Waals surface area contributed by atoms with Crippen LogP contribution in [0.5, 0.6) is 5.75 Å². The maximum Gasteiger partial charge on any atom is 0.344 e. The molecule has 0 spiro atoms. The van der Waals surface area contributed by atoms with Crippen molar-refractivity contribution in [3.8, 4) is 17.1 Å². The van der Waals surface area contributed by atoms with E-state index in [-0.39, 0.29) is 29.6 Å². The molecule has 1 heterocycles. The summed E-state index contributed by atoms with van der Waals surface area (Å²) in [5.74, 6) is -0.220. The Morgan fingerprint density at radius 2 is 1.83 bits per heavy atom. The fraction of sp³-hybridized carbons (Fsp3) is 0.333. The van der Waals surface area contributed by atoms with Gasteiger partial charge in [-0.1, -0.05) is 29.7 Å². The molecule has 1 fully saturated rings. The van der Waals surface area contributed by atoms with E-state index in [0.717, 1.165) is 31.2 Å². The van der Waals surface area contributed by atoms with Gasteiger partial charge in [0.15, 0.2) is 12.4 Å². The third-order valence-corrected chi connectivity index (χ3v) is 5.55. The van der Waals surface area contributed by atoms with E-state index in [1.165, 1.54) is 6.42 Å². The number of carbonyl (C=O) groups excluding carboxylic acids is 1. The topological polar surface area (TPSA) is 65.7 Å². The number of hydrogen-bond acceptors (Lipinski definition) is 5. The molecular weight excluding hydrogens is 404 g/mol. The van der Waals surface area contributed by atoms with Crippen LogP contribution in [0, 0.1) is 6.92 Å². The average molecular weight is 427 g/mol. The first-order valence-electron chi connectivity index (χ1n) is 10.2. The van der Waals surface area contributed by atoms with E-state index in [4.69, 9.17) is 25.5 Å². The normalized spacial score (nSPS) is 14.6. The second-order valence-electron chi connectivity index (χ2n) is 7.63. The monoisotopic (exact) mass is 426 g/mol. The number of fused-ring (bicyclic) bond motifs is 1. The van der Waals surface area contributed by atoms with Gasteiger partial charge in [0, 0.05) is 10.6 Å². The molecule has 0 unspecified atom stereocenters. The Balaban J connectivity index is 1.66. The Labute approximate surface area is 179 Å². The number of benzene rings is 2. The summed E-state index contributed by atoms with van der Waals surface area (Å²) in [7, 11) is 0. The molecule has 0 saturated heterocycles. The van der Waals surface area contributed by atoms with Gasteiger partial charge in [0.25, 0.3) is 0 Å². The zero-order chi connectivity index (χ0) is 21.1. The Morgan fingerprint density at radius 3 is 2.57 bits per heavy atom. The zero-order valence-electron chi connectivity index (χ0n) is 16.8. The maximum absolute atomic E-state index is 13.2. The lowest BCUT2D eigenvalue weighted by Crippen LogP contribution is -2.25. The Kier molecular flexibility index (Phi) is 6.09. The van der Waals surface area contributed by atoms with Crippen LogP contribution >= 0.6 is 11.6 Å². The number of ether oxygens (including phenoxy) is 2. The van der Waals surface area contributed by atoms with Crippen molar-refractivity contribution in [2.24, 2.45) is 0 Å². The van der Waals surface area contributed by atoms with Gasteiger partial charge in [-0.05, 0) is 69.0 Å². The smallest absolute Gasteiger partial charge is 0.344 e. The van der Waals surface area contributed by atoms with Crippen LogP contribution < -0.4 is 10.2 Å². The summed E-state index contributed by atoms with van der Waals surface area (Å²) in [6.45, 7) is 1.55. The van der Waals surface area contributed by atoms with E-state index < -0.39 is 5.97 Å². The van der Waals surface area contributed by atoms with Crippen molar-refractivity contribution in [1.82, 2.24) is 0 Å². The van der Waals surface area contributed by atoms with Gasteiger partial charge in [-0.15, -0.1) is 0 Å². The summed E-state index contributed by atoms with van der Waals surface area (Å²) in [6, 6.07) is 12.3. The first kappa shape index (κ1) is 20.5. The minimum Gasteiger partial charge on any atom is -0.474 e. The Bertz CT molecular complexity index is 1110. The van der Waals surface area contributed by atoms with Gasteiger partial charge in [0.2, 0.25) is 11.2 Å². The van der Waals surface area contributed by atoms with E-state index in [1.807, 2.05) is 13.0 Å². The minimum atomic E-state index is -0.479. The second-order valence-corrected chi connectivity index (χ2v) is 8.07. The number of halogens is 1. The van der Waals surface area contributed by atoms with Gasteiger partial charge >= 0.3 is 5.97 Å². The van der Waals surface area contributed by atoms with Crippen LogP contribution in [-0.4, -0.2) is 18.7 Å². The van der Waals surface area contributed by atoms with Crippen LogP contribution in [0.15, 0.2) is 51.7 Å². The summed E-state index contributed by atoms with van der Waals surface area (Å²) in [5, 5.41) is 0.972. The Hall–Kier alpha value is -2.79. The highest BCUT2D eigenvalue weighted by molar-refractivity contribution is 6.30. The predicted molar refractivity (Wildman–Crippen MR) is 116 cm³/mol. The highest BCUT2D eigenvalue weighted by atomic mass is 35.5. The molecule has 0 amide bonds. The van der Waals surface area contributed by atoms with Gasteiger partial charge in [-0.2, -0.15) is 0 Å². The van der Waals surface area contributed by atoms with Crippen molar-refractivity contribution in [3.05, 3.63) is 63.3 Å². The Morgan fingerprint density at radius 1 is 1.10 bits per heavy atom. The molecule has 156 valence electrons. The second kappa shape index (κ2) is 8.92. The van der Waals surface area contributed by atoms with Gasteiger partial charge in [0.1, 0.15) is 11.7 Å². The third-order valence-electron chi connectivity index (χ3n) is 5.30. The summed E-state index contributed by atoms with van der Waals surface area (Å²) >= 11 is 5.99. The molecule has 0 bridgehead atoms. The highest BCUT2D eigenvalue weighted by Crippen LogP contribution is 2.32. The van der Waals surface area contributed by atoms with Crippen LogP contribution in [0.1, 0.15) is 37.7 Å². The lowest BCUT2D eigenvalue weighted by molar-refractivity contribution is -0.152. The van der Waals surface area contributed by atoms with Crippen LogP contribution in [0.3, 0.4) is 0 Å². The van der Waals surface area contributed by atoms with E-state index in [1.54, 1.807) is 36.4 Å². The van der Waals surface area contributed by atoms with Gasteiger partial charge < -0.3 is 13.9 Å². The zero-order valence-corrected chi connectivity index (χ0v) is 17.5. The van der Waals surface area contributed by atoms with Crippen LogP contribution in [-0.2, 0) is 9.53 Å². The van der Waals surface area contributed by atoms with Crippen molar-refractivity contribution in [2.45, 2.75) is 45.1 Å². The van der Waals surface area contributed by atoms with Crippen LogP contribution in [0.2, 0.25) is 5.02 Å². The van der Waals surface area contributed by atoms with E-state index in [0.29, 0.717) is 21.6 Å².